The van der Waals surface area contributed by atoms with Crippen LogP contribution in [-0.2, 0) is 22.9 Å². The number of carbonyl (C=O) groups is 1. The van der Waals surface area contributed by atoms with Crippen molar-refractivity contribution in [2.75, 3.05) is 0 Å². The highest BCUT2D eigenvalue weighted by Crippen LogP contribution is 2.19. The predicted molar refractivity (Wildman–Crippen MR) is 157 cm³/mol. The molecule has 0 amide bonds. The zero-order valence-electron chi connectivity index (χ0n) is 24.1. The van der Waals surface area contributed by atoms with Crippen molar-refractivity contribution < 1.29 is 35.1 Å². The number of benzene rings is 2. The van der Waals surface area contributed by atoms with Crippen molar-refractivity contribution in [1.82, 2.24) is 9.46 Å². The number of aromatic hydroxyl groups is 2. The Kier molecular flexibility index (Phi) is 12.7. The quantitative estimate of drug-likeness (QED) is 0.0914. The van der Waals surface area contributed by atoms with Crippen molar-refractivity contribution in [2.24, 2.45) is 11.1 Å². The van der Waals surface area contributed by atoms with E-state index in [4.69, 9.17) is 15.9 Å². The Hall–Kier alpha value is -5.40. The highest BCUT2D eigenvalue weighted by atomic mass is 16.6. The molecule has 0 unspecified atom stereocenters. The van der Waals surface area contributed by atoms with Gasteiger partial charge >= 0.3 is 0 Å². The maximum Gasteiger partial charge on any atom is 0.286 e. The van der Waals surface area contributed by atoms with Crippen molar-refractivity contribution in [1.29, 1.82) is 0 Å². The van der Waals surface area contributed by atoms with Crippen LogP contribution >= 0.6 is 0 Å². The topological polar surface area (TPSA) is 199 Å². The van der Waals surface area contributed by atoms with E-state index in [0.29, 0.717) is 23.4 Å². The van der Waals surface area contributed by atoms with Gasteiger partial charge < -0.3 is 25.5 Å². The van der Waals surface area contributed by atoms with Gasteiger partial charge in [0.05, 0.1) is 23.4 Å². The third kappa shape index (κ3) is 9.59. The fourth-order valence-corrected chi connectivity index (χ4v) is 3.79. The van der Waals surface area contributed by atoms with E-state index in [2.05, 4.69) is 9.99 Å². The SMILES string of the molecule is CC(=NOCc1ccccc1)c1c(C)cc(=O)n(O)c1O.CC(=O)c1c(C)cc(=O)n(O)c1O.NOCc1ccccc1. The van der Waals surface area contributed by atoms with Crippen molar-refractivity contribution in [2.45, 2.75) is 40.9 Å². The summed E-state index contributed by atoms with van der Waals surface area (Å²) in [6.07, 6.45) is 0. The number of nitrogens with zero attached hydrogens (tertiary/aromatic N) is 3. The maximum absolute atomic E-state index is 11.3. The fourth-order valence-electron chi connectivity index (χ4n) is 3.79. The molecule has 0 saturated carbocycles. The van der Waals surface area contributed by atoms with Gasteiger partial charge in [-0.15, -0.1) is 9.46 Å². The number of aryl methyl sites for hydroxylation is 2. The lowest BCUT2D eigenvalue weighted by Gasteiger charge is -2.09. The molecule has 228 valence electrons. The Labute approximate surface area is 246 Å². The molecule has 0 spiro atoms. The summed E-state index contributed by atoms with van der Waals surface area (Å²) in [5.74, 6) is 3.19. The summed E-state index contributed by atoms with van der Waals surface area (Å²) in [7, 11) is 0. The van der Waals surface area contributed by atoms with Gasteiger partial charge in [-0.25, -0.2) is 5.90 Å². The number of aromatic nitrogens is 2. The number of pyridine rings is 2. The van der Waals surface area contributed by atoms with E-state index in [1.54, 1.807) is 13.8 Å². The second-order valence-electron chi connectivity index (χ2n) is 9.14. The summed E-state index contributed by atoms with van der Waals surface area (Å²) in [6, 6.07) is 21.6. The van der Waals surface area contributed by atoms with Crippen LogP contribution in [0.4, 0.5) is 0 Å². The fraction of sp³-hybridized carbons (Fsp3) is 0.200. The van der Waals surface area contributed by atoms with E-state index in [-0.39, 0.29) is 27.2 Å². The molecule has 4 aromatic rings. The minimum atomic E-state index is -0.764. The second-order valence-corrected chi connectivity index (χ2v) is 9.14. The molecule has 2 aromatic heterocycles. The lowest BCUT2D eigenvalue weighted by atomic mass is 10.1. The molecule has 0 aliphatic rings. The van der Waals surface area contributed by atoms with Crippen LogP contribution in [0.3, 0.4) is 0 Å². The number of ketones is 1. The van der Waals surface area contributed by atoms with Crippen LogP contribution in [0.1, 0.15) is 52.0 Å². The van der Waals surface area contributed by atoms with Gasteiger partial charge in [-0.3, -0.25) is 19.2 Å². The average molecular weight is 595 g/mol. The molecule has 0 saturated heterocycles. The van der Waals surface area contributed by atoms with E-state index in [9.17, 15) is 29.8 Å². The number of hydrogen-bond donors (Lipinski definition) is 5. The molecular formula is C30H34N4O9. The molecule has 0 radical (unpaired) electrons. The zero-order valence-corrected chi connectivity index (χ0v) is 24.1. The first-order valence-corrected chi connectivity index (χ1v) is 12.8. The standard InChI is InChI=1S/C15H16N2O4.C8H9NO4.C7H9NO/c1-10-8-13(18)17(20)15(19)14(10)11(2)16-21-9-12-6-4-3-5-7-12;1-4-3-6(11)9(13)8(12)7(4)5(2)10;8-9-6-7-4-2-1-3-5-7/h3-8,19-20H,9H2,1-2H3;3,12-13H,1-2H3;1-5H,6,8H2. The molecule has 13 nitrogen and oxygen atoms in total. The molecule has 0 aliphatic heterocycles. The molecule has 6 N–H and O–H groups in total. The summed E-state index contributed by atoms with van der Waals surface area (Å²) in [4.78, 5) is 42.8. The summed E-state index contributed by atoms with van der Waals surface area (Å²) in [6.45, 7) is 6.80. The molecule has 43 heavy (non-hydrogen) atoms. The molecule has 2 heterocycles. The molecule has 0 bridgehead atoms. The van der Waals surface area contributed by atoms with Gasteiger partial charge in [-0.1, -0.05) is 65.8 Å². The van der Waals surface area contributed by atoms with E-state index >= 15 is 0 Å². The summed E-state index contributed by atoms with van der Waals surface area (Å²) < 4.78 is 0.224. The van der Waals surface area contributed by atoms with E-state index in [0.717, 1.165) is 17.2 Å². The van der Waals surface area contributed by atoms with Crippen LogP contribution < -0.4 is 17.0 Å². The highest BCUT2D eigenvalue weighted by molar-refractivity contribution is 6.01. The molecule has 0 atom stereocenters. The van der Waals surface area contributed by atoms with Gasteiger partial charge in [-0.05, 0) is 49.9 Å². The molecule has 2 aromatic carbocycles. The number of Topliss-reactive ketones (excluding diaryl/α,β-unsaturated/α-hetero) is 1. The van der Waals surface area contributed by atoms with Gasteiger partial charge in [0.25, 0.3) is 11.1 Å². The van der Waals surface area contributed by atoms with Gasteiger partial charge in [-0.2, -0.15) is 0 Å². The molecule has 0 aliphatic carbocycles. The van der Waals surface area contributed by atoms with Crippen LogP contribution in [0.5, 0.6) is 11.8 Å². The van der Waals surface area contributed by atoms with Crippen molar-refractivity contribution >= 4 is 11.5 Å². The minimum Gasteiger partial charge on any atom is -0.492 e. The normalized spacial score (nSPS) is 10.6. The number of oxime groups is 1. The van der Waals surface area contributed by atoms with Crippen LogP contribution in [-0.4, -0.2) is 41.6 Å². The molecular weight excluding hydrogens is 560 g/mol. The minimum absolute atomic E-state index is 0.0397. The van der Waals surface area contributed by atoms with Gasteiger partial charge in [0.1, 0.15) is 6.61 Å². The second kappa shape index (κ2) is 16.1. The van der Waals surface area contributed by atoms with E-state index in [1.807, 2.05) is 60.7 Å². The van der Waals surface area contributed by atoms with Crippen molar-refractivity contribution in [3.05, 3.63) is 127 Å². The van der Waals surface area contributed by atoms with Gasteiger partial charge in [0, 0.05) is 12.1 Å². The third-order valence-corrected chi connectivity index (χ3v) is 5.82. The Balaban J connectivity index is 0.000000249. The summed E-state index contributed by atoms with van der Waals surface area (Å²) in [5, 5.41) is 41.3. The smallest absolute Gasteiger partial charge is 0.286 e. The Morgan fingerprint density at radius 1 is 0.767 bits per heavy atom. The molecule has 4 rings (SSSR count). The van der Waals surface area contributed by atoms with Crippen molar-refractivity contribution in [3.63, 3.8) is 0 Å². The number of carbonyl (C=O) groups excluding carboxylic acids is 1. The van der Waals surface area contributed by atoms with Crippen molar-refractivity contribution in [3.8, 4) is 11.8 Å². The maximum atomic E-state index is 11.3. The molecule has 0 fully saturated rings. The Morgan fingerprint density at radius 3 is 1.63 bits per heavy atom. The third-order valence-electron chi connectivity index (χ3n) is 5.82. The average Bonchev–Trinajstić information content (AvgIpc) is 2.97. The van der Waals surface area contributed by atoms with Crippen LogP contribution in [0.15, 0.2) is 87.5 Å². The monoisotopic (exact) mass is 594 g/mol. The Bertz CT molecular complexity index is 1670. The first kappa shape index (κ1) is 33.8. The van der Waals surface area contributed by atoms with Crippen LogP contribution in [0.25, 0.3) is 0 Å². The lowest BCUT2D eigenvalue weighted by molar-refractivity contribution is 0.0991. The van der Waals surface area contributed by atoms with Gasteiger partial charge in [0.2, 0.25) is 11.8 Å². The zero-order chi connectivity index (χ0) is 32.1. The summed E-state index contributed by atoms with van der Waals surface area (Å²) >= 11 is 0. The number of hydrogen-bond acceptors (Lipinski definition) is 11. The number of rotatable bonds is 7. The Morgan fingerprint density at radius 2 is 1.19 bits per heavy atom. The van der Waals surface area contributed by atoms with E-state index in [1.165, 1.54) is 19.9 Å². The largest absolute Gasteiger partial charge is 0.492 e. The predicted octanol–water partition coefficient (Wildman–Crippen LogP) is 3.42. The number of nitrogens with two attached hydrogens (primary N) is 1. The van der Waals surface area contributed by atoms with Crippen LogP contribution in [0, 0.1) is 13.8 Å². The van der Waals surface area contributed by atoms with E-state index < -0.39 is 28.7 Å². The lowest BCUT2D eigenvalue weighted by Crippen LogP contribution is -2.20. The summed E-state index contributed by atoms with van der Waals surface area (Å²) in [5.41, 5.74) is 2.04. The van der Waals surface area contributed by atoms with Gasteiger partial charge in [0.15, 0.2) is 5.78 Å². The highest BCUT2D eigenvalue weighted by Gasteiger charge is 2.16. The van der Waals surface area contributed by atoms with Crippen LogP contribution in [0.2, 0.25) is 0 Å². The molecule has 13 heteroatoms. The first-order valence-electron chi connectivity index (χ1n) is 12.8. The first-order chi connectivity index (χ1) is 20.4.